The summed E-state index contributed by atoms with van der Waals surface area (Å²) in [7, 11) is 0. The Morgan fingerprint density at radius 3 is 2.60 bits per heavy atom. The van der Waals surface area contributed by atoms with Crippen molar-refractivity contribution in [3.63, 3.8) is 0 Å². The summed E-state index contributed by atoms with van der Waals surface area (Å²) in [6.45, 7) is 10.6. The normalized spacial score (nSPS) is 26.1. The summed E-state index contributed by atoms with van der Waals surface area (Å²) in [5, 5.41) is 0. The summed E-state index contributed by atoms with van der Waals surface area (Å²) in [5.74, 6) is 0.758. The molecule has 0 saturated heterocycles. The summed E-state index contributed by atoms with van der Waals surface area (Å²) >= 11 is 0. The Labute approximate surface area is 93.3 Å². The first kappa shape index (κ1) is 12.2. The molecule has 0 fully saturated rings. The molecule has 0 amide bonds. The van der Waals surface area contributed by atoms with Crippen molar-refractivity contribution in [3.8, 4) is 0 Å². The fourth-order valence-corrected chi connectivity index (χ4v) is 2.46. The van der Waals surface area contributed by atoms with Crippen LogP contribution in [0, 0.1) is 11.3 Å². The van der Waals surface area contributed by atoms with Crippen molar-refractivity contribution in [2.24, 2.45) is 11.3 Å². The zero-order valence-electron chi connectivity index (χ0n) is 10.6. The molecule has 0 N–H and O–H groups in total. The van der Waals surface area contributed by atoms with E-state index in [0.29, 0.717) is 5.92 Å². The lowest BCUT2D eigenvalue weighted by Crippen LogP contribution is -2.28. The molecule has 0 bridgehead atoms. The third-order valence-corrected chi connectivity index (χ3v) is 3.58. The van der Waals surface area contributed by atoms with Gasteiger partial charge in [-0.05, 0) is 44.1 Å². The van der Waals surface area contributed by atoms with Gasteiger partial charge in [0.05, 0.1) is 0 Å². The van der Waals surface area contributed by atoms with Gasteiger partial charge in [-0.3, -0.25) is 4.79 Å². The number of carbonyl (C=O) groups is 1. The second kappa shape index (κ2) is 4.34. The molecule has 0 saturated carbocycles. The Morgan fingerprint density at radius 2 is 2.07 bits per heavy atom. The maximum atomic E-state index is 12.0. The molecule has 1 aliphatic rings. The van der Waals surface area contributed by atoms with E-state index >= 15 is 0 Å². The van der Waals surface area contributed by atoms with Crippen LogP contribution >= 0.6 is 0 Å². The van der Waals surface area contributed by atoms with Crippen LogP contribution in [0.2, 0.25) is 0 Å². The zero-order chi connectivity index (χ0) is 11.6. The molecule has 1 unspecified atom stereocenters. The van der Waals surface area contributed by atoms with E-state index < -0.39 is 0 Å². The van der Waals surface area contributed by atoms with Crippen molar-refractivity contribution >= 4 is 5.78 Å². The van der Waals surface area contributed by atoms with Crippen LogP contribution in [0.25, 0.3) is 0 Å². The summed E-state index contributed by atoms with van der Waals surface area (Å²) < 4.78 is 0. The number of hydrogen-bond acceptors (Lipinski definition) is 1. The maximum Gasteiger partial charge on any atom is 0.181 e. The topological polar surface area (TPSA) is 17.1 Å². The standard InChI is InChI=1S/C14H22O/c1-6-7-12(15)13-11(3)10(2)8-9-14(13,4)5/h6-7,10H,8-9H2,1-5H3. The molecule has 1 atom stereocenters. The van der Waals surface area contributed by atoms with Crippen molar-refractivity contribution in [1.82, 2.24) is 0 Å². The van der Waals surface area contributed by atoms with Gasteiger partial charge in [0.2, 0.25) is 0 Å². The van der Waals surface area contributed by atoms with E-state index in [-0.39, 0.29) is 11.2 Å². The second-order valence-electron chi connectivity index (χ2n) is 5.25. The molecule has 84 valence electrons. The average molecular weight is 206 g/mol. The first-order valence-electron chi connectivity index (χ1n) is 5.78. The van der Waals surface area contributed by atoms with Gasteiger partial charge in [0.1, 0.15) is 0 Å². The van der Waals surface area contributed by atoms with Crippen molar-refractivity contribution < 1.29 is 4.79 Å². The number of ketones is 1. The molecular weight excluding hydrogens is 184 g/mol. The number of allylic oxidation sites excluding steroid dienone is 4. The lowest BCUT2D eigenvalue weighted by molar-refractivity contribution is -0.112. The van der Waals surface area contributed by atoms with Gasteiger partial charge in [-0.2, -0.15) is 0 Å². The Morgan fingerprint density at radius 1 is 1.47 bits per heavy atom. The highest BCUT2D eigenvalue weighted by Crippen LogP contribution is 2.43. The first-order chi connectivity index (χ1) is 6.90. The lowest BCUT2D eigenvalue weighted by Gasteiger charge is -2.36. The van der Waals surface area contributed by atoms with Gasteiger partial charge in [-0.1, -0.05) is 32.4 Å². The first-order valence-corrected chi connectivity index (χ1v) is 5.78. The minimum atomic E-state index is 0.0488. The van der Waals surface area contributed by atoms with E-state index in [2.05, 4.69) is 27.7 Å². The van der Waals surface area contributed by atoms with Crippen LogP contribution < -0.4 is 0 Å². The smallest absolute Gasteiger partial charge is 0.181 e. The molecule has 0 aliphatic heterocycles. The molecule has 0 heterocycles. The van der Waals surface area contributed by atoms with E-state index in [1.807, 2.05) is 13.0 Å². The quantitative estimate of drug-likeness (QED) is 0.626. The van der Waals surface area contributed by atoms with Crippen LogP contribution in [0.4, 0.5) is 0 Å². The van der Waals surface area contributed by atoms with Gasteiger partial charge < -0.3 is 0 Å². The number of carbonyl (C=O) groups excluding carboxylic acids is 1. The second-order valence-corrected chi connectivity index (χ2v) is 5.25. The van der Waals surface area contributed by atoms with E-state index in [9.17, 15) is 4.79 Å². The average Bonchev–Trinajstić information content (AvgIpc) is 2.12. The molecule has 1 nitrogen and oxygen atoms in total. The van der Waals surface area contributed by atoms with Crippen molar-refractivity contribution in [3.05, 3.63) is 23.3 Å². The summed E-state index contributed by atoms with van der Waals surface area (Å²) in [4.78, 5) is 12.0. The zero-order valence-corrected chi connectivity index (χ0v) is 10.6. The van der Waals surface area contributed by atoms with Crippen LogP contribution in [-0.4, -0.2) is 5.78 Å². The highest BCUT2D eigenvalue weighted by Gasteiger charge is 2.34. The van der Waals surface area contributed by atoms with Gasteiger partial charge in [0, 0.05) is 5.57 Å². The van der Waals surface area contributed by atoms with Crippen LogP contribution in [0.15, 0.2) is 23.3 Å². The van der Waals surface area contributed by atoms with Crippen LogP contribution in [0.1, 0.15) is 47.5 Å². The highest BCUT2D eigenvalue weighted by molar-refractivity contribution is 6.05. The molecule has 0 aromatic rings. The summed E-state index contributed by atoms with van der Waals surface area (Å²) in [6.07, 6.45) is 5.84. The SMILES string of the molecule is CC=CC(=O)C1=C(C)C(C)CCC1(C)C. The summed E-state index contributed by atoms with van der Waals surface area (Å²) in [5.41, 5.74) is 2.38. The Balaban J connectivity index is 3.17. The number of rotatable bonds is 2. The molecular formula is C14H22O. The third-order valence-electron chi connectivity index (χ3n) is 3.58. The molecule has 0 radical (unpaired) electrons. The van der Waals surface area contributed by atoms with Gasteiger partial charge in [0.25, 0.3) is 0 Å². The van der Waals surface area contributed by atoms with Gasteiger partial charge in [-0.25, -0.2) is 0 Å². The predicted octanol–water partition coefficient (Wildman–Crippen LogP) is 3.90. The minimum Gasteiger partial charge on any atom is -0.290 e. The third kappa shape index (κ3) is 2.39. The lowest BCUT2D eigenvalue weighted by atomic mass is 9.68. The molecule has 1 rings (SSSR count). The van der Waals surface area contributed by atoms with E-state index in [1.165, 1.54) is 12.0 Å². The van der Waals surface area contributed by atoms with Gasteiger partial charge >= 0.3 is 0 Å². The molecule has 15 heavy (non-hydrogen) atoms. The fourth-order valence-electron chi connectivity index (χ4n) is 2.46. The molecule has 0 spiro atoms. The molecule has 1 heteroatoms. The van der Waals surface area contributed by atoms with Crippen LogP contribution in [0.5, 0.6) is 0 Å². The summed E-state index contributed by atoms with van der Waals surface area (Å²) in [6, 6.07) is 0. The Hall–Kier alpha value is -0.850. The van der Waals surface area contributed by atoms with Crippen molar-refractivity contribution in [1.29, 1.82) is 0 Å². The minimum absolute atomic E-state index is 0.0488. The van der Waals surface area contributed by atoms with E-state index in [0.717, 1.165) is 12.0 Å². The monoisotopic (exact) mass is 206 g/mol. The molecule has 0 aromatic heterocycles. The Bertz CT molecular complexity index is 318. The van der Waals surface area contributed by atoms with Gasteiger partial charge in [-0.15, -0.1) is 0 Å². The highest BCUT2D eigenvalue weighted by atomic mass is 16.1. The molecule has 0 aromatic carbocycles. The van der Waals surface area contributed by atoms with Crippen molar-refractivity contribution in [2.45, 2.75) is 47.5 Å². The van der Waals surface area contributed by atoms with Crippen LogP contribution in [0.3, 0.4) is 0 Å². The largest absolute Gasteiger partial charge is 0.290 e. The molecule has 1 aliphatic carbocycles. The van der Waals surface area contributed by atoms with Crippen molar-refractivity contribution in [2.75, 3.05) is 0 Å². The van der Waals surface area contributed by atoms with Crippen LogP contribution in [-0.2, 0) is 4.79 Å². The predicted molar refractivity (Wildman–Crippen MR) is 64.7 cm³/mol. The fraction of sp³-hybridized carbons (Fsp3) is 0.643. The number of hydrogen-bond donors (Lipinski definition) is 0. The maximum absolute atomic E-state index is 12.0. The van der Waals surface area contributed by atoms with E-state index in [4.69, 9.17) is 0 Å². The van der Waals surface area contributed by atoms with Gasteiger partial charge in [0.15, 0.2) is 5.78 Å². The van der Waals surface area contributed by atoms with E-state index in [1.54, 1.807) is 6.08 Å². The Kier molecular flexibility index (Phi) is 3.54.